The second kappa shape index (κ2) is 4.46. The van der Waals surface area contributed by atoms with Crippen LogP contribution >= 0.6 is 0 Å². The zero-order valence-electron chi connectivity index (χ0n) is 10.8. The SMILES string of the molecule is CC(=O)C(=N)c1cnn2ccc(N3CCCC3)nc12. The van der Waals surface area contributed by atoms with Crippen LogP contribution in [0.4, 0.5) is 5.82 Å². The molecule has 19 heavy (non-hydrogen) atoms. The summed E-state index contributed by atoms with van der Waals surface area (Å²) >= 11 is 0. The van der Waals surface area contributed by atoms with E-state index < -0.39 is 0 Å². The lowest BCUT2D eigenvalue weighted by Crippen LogP contribution is -2.19. The second-order valence-electron chi connectivity index (χ2n) is 4.74. The standard InChI is InChI=1S/C13H15N5O/c1-9(19)12(14)10-8-15-18-7-4-11(16-13(10)18)17-5-2-3-6-17/h4,7-8,14H,2-3,5-6H2,1H3. The van der Waals surface area contributed by atoms with Gasteiger partial charge in [-0.2, -0.15) is 5.10 Å². The molecule has 3 rings (SSSR count). The number of carbonyl (C=O) groups excluding carboxylic acids is 1. The Morgan fingerprint density at radius 2 is 2.11 bits per heavy atom. The molecular weight excluding hydrogens is 242 g/mol. The molecule has 1 fully saturated rings. The molecule has 6 nitrogen and oxygen atoms in total. The summed E-state index contributed by atoms with van der Waals surface area (Å²) in [6.45, 7) is 3.41. The van der Waals surface area contributed by atoms with Gasteiger partial charge in [0.05, 0.1) is 11.8 Å². The maximum absolute atomic E-state index is 11.3. The Labute approximate surface area is 110 Å². The van der Waals surface area contributed by atoms with Gasteiger partial charge >= 0.3 is 0 Å². The van der Waals surface area contributed by atoms with Gasteiger partial charge in [-0.1, -0.05) is 0 Å². The van der Waals surface area contributed by atoms with Crippen LogP contribution in [-0.2, 0) is 4.79 Å². The predicted octanol–water partition coefficient (Wildman–Crippen LogP) is 1.29. The van der Waals surface area contributed by atoms with Crippen LogP contribution in [0.5, 0.6) is 0 Å². The fourth-order valence-corrected chi connectivity index (χ4v) is 2.35. The van der Waals surface area contributed by atoms with E-state index in [0.717, 1.165) is 18.9 Å². The van der Waals surface area contributed by atoms with Crippen molar-refractivity contribution in [3.63, 3.8) is 0 Å². The molecule has 0 spiro atoms. The van der Waals surface area contributed by atoms with Gasteiger partial charge in [-0.3, -0.25) is 10.2 Å². The number of Topliss-reactive ketones (excluding diaryl/α,β-unsaturated/α-hetero) is 1. The minimum absolute atomic E-state index is 0.0407. The number of carbonyl (C=O) groups is 1. The molecule has 0 saturated carbocycles. The number of hydrogen-bond donors (Lipinski definition) is 1. The van der Waals surface area contributed by atoms with E-state index in [0.29, 0.717) is 11.2 Å². The predicted molar refractivity (Wildman–Crippen MR) is 71.9 cm³/mol. The number of nitrogens with zero attached hydrogens (tertiary/aromatic N) is 4. The first kappa shape index (κ1) is 11.8. The quantitative estimate of drug-likeness (QED) is 0.841. The van der Waals surface area contributed by atoms with E-state index in [-0.39, 0.29) is 11.5 Å². The third kappa shape index (κ3) is 1.99. The van der Waals surface area contributed by atoms with Crippen LogP contribution in [0.1, 0.15) is 25.3 Å². The third-order valence-corrected chi connectivity index (χ3v) is 3.41. The Bertz CT molecular complexity index is 654. The maximum Gasteiger partial charge on any atom is 0.178 e. The second-order valence-corrected chi connectivity index (χ2v) is 4.74. The van der Waals surface area contributed by atoms with Gasteiger partial charge in [-0.15, -0.1) is 0 Å². The Morgan fingerprint density at radius 1 is 1.37 bits per heavy atom. The van der Waals surface area contributed by atoms with E-state index in [9.17, 15) is 4.79 Å². The number of hydrogen-bond acceptors (Lipinski definition) is 5. The van der Waals surface area contributed by atoms with E-state index in [4.69, 9.17) is 5.41 Å². The highest BCUT2D eigenvalue weighted by molar-refractivity contribution is 6.45. The molecule has 1 aliphatic rings. The molecule has 0 radical (unpaired) electrons. The van der Waals surface area contributed by atoms with Crippen LogP contribution in [0.25, 0.3) is 5.65 Å². The summed E-state index contributed by atoms with van der Waals surface area (Å²) in [5.41, 5.74) is 1.03. The highest BCUT2D eigenvalue weighted by atomic mass is 16.1. The van der Waals surface area contributed by atoms with Crippen molar-refractivity contribution in [3.05, 3.63) is 24.0 Å². The highest BCUT2D eigenvalue weighted by Gasteiger charge is 2.18. The van der Waals surface area contributed by atoms with E-state index in [1.54, 1.807) is 4.52 Å². The molecule has 1 aliphatic heterocycles. The van der Waals surface area contributed by atoms with E-state index >= 15 is 0 Å². The zero-order chi connectivity index (χ0) is 13.4. The first-order valence-corrected chi connectivity index (χ1v) is 6.36. The van der Waals surface area contributed by atoms with Crippen molar-refractivity contribution in [2.75, 3.05) is 18.0 Å². The molecule has 1 N–H and O–H groups in total. The number of nitrogens with one attached hydrogen (secondary N) is 1. The smallest absolute Gasteiger partial charge is 0.178 e. The van der Waals surface area contributed by atoms with Gasteiger partial charge in [0.1, 0.15) is 11.5 Å². The zero-order valence-corrected chi connectivity index (χ0v) is 10.8. The van der Waals surface area contributed by atoms with Crippen molar-refractivity contribution in [3.8, 4) is 0 Å². The van der Waals surface area contributed by atoms with Gasteiger partial charge in [0.15, 0.2) is 11.4 Å². The Morgan fingerprint density at radius 3 is 2.79 bits per heavy atom. The molecule has 0 atom stereocenters. The summed E-state index contributed by atoms with van der Waals surface area (Å²) in [4.78, 5) is 18.1. The topological polar surface area (TPSA) is 74.3 Å². The van der Waals surface area contributed by atoms with E-state index in [2.05, 4.69) is 15.0 Å². The number of aromatic nitrogens is 3. The summed E-state index contributed by atoms with van der Waals surface area (Å²) in [5, 5.41) is 11.9. The molecule has 98 valence electrons. The molecule has 0 bridgehead atoms. The van der Waals surface area contributed by atoms with Gasteiger partial charge < -0.3 is 4.90 Å². The molecule has 0 aliphatic carbocycles. The maximum atomic E-state index is 11.3. The Balaban J connectivity index is 2.07. The minimum atomic E-state index is -0.275. The summed E-state index contributed by atoms with van der Waals surface area (Å²) in [5.74, 6) is 0.617. The van der Waals surface area contributed by atoms with Crippen molar-refractivity contribution < 1.29 is 4.79 Å². The van der Waals surface area contributed by atoms with Gasteiger partial charge in [-0.25, -0.2) is 9.50 Å². The van der Waals surface area contributed by atoms with Crippen molar-refractivity contribution in [2.24, 2.45) is 0 Å². The monoisotopic (exact) mass is 257 g/mol. The number of rotatable bonds is 3. The van der Waals surface area contributed by atoms with Gasteiger partial charge in [0.2, 0.25) is 0 Å². The average molecular weight is 257 g/mol. The van der Waals surface area contributed by atoms with Crippen LogP contribution in [0.3, 0.4) is 0 Å². The molecule has 2 aromatic rings. The summed E-state index contributed by atoms with van der Waals surface area (Å²) in [7, 11) is 0. The average Bonchev–Trinajstić information content (AvgIpc) is 3.06. The van der Waals surface area contributed by atoms with Gasteiger partial charge in [0, 0.05) is 26.2 Å². The first-order chi connectivity index (χ1) is 9.16. The molecule has 2 aromatic heterocycles. The van der Waals surface area contributed by atoms with Crippen molar-refractivity contribution in [1.82, 2.24) is 14.6 Å². The lowest BCUT2D eigenvalue weighted by Gasteiger charge is -2.16. The fourth-order valence-electron chi connectivity index (χ4n) is 2.35. The van der Waals surface area contributed by atoms with Crippen LogP contribution in [0.15, 0.2) is 18.5 Å². The van der Waals surface area contributed by atoms with Crippen LogP contribution in [0, 0.1) is 5.41 Å². The van der Waals surface area contributed by atoms with E-state index in [1.165, 1.54) is 26.0 Å². The van der Waals surface area contributed by atoms with Crippen molar-refractivity contribution in [2.45, 2.75) is 19.8 Å². The molecule has 3 heterocycles. The first-order valence-electron chi connectivity index (χ1n) is 6.36. The summed E-state index contributed by atoms with van der Waals surface area (Å²) in [6.07, 6.45) is 5.72. The molecule has 0 amide bonds. The highest BCUT2D eigenvalue weighted by Crippen LogP contribution is 2.19. The van der Waals surface area contributed by atoms with Gasteiger partial charge in [-0.05, 0) is 18.9 Å². The van der Waals surface area contributed by atoms with Crippen LogP contribution in [0.2, 0.25) is 0 Å². The van der Waals surface area contributed by atoms with Crippen molar-refractivity contribution >= 4 is 23.0 Å². The molecule has 1 saturated heterocycles. The molecular formula is C13H15N5O. The molecule has 0 aromatic carbocycles. The lowest BCUT2D eigenvalue weighted by molar-refractivity contribution is -0.111. The largest absolute Gasteiger partial charge is 0.357 e. The molecule has 6 heteroatoms. The van der Waals surface area contributed by atoms with Crippen molar-refractivity contribution in [1.29, 1.82) is 5.41 Å². The lowest BCUT2D eigenvalue weighted by atomic mass is 10.1. The molecule has 0 unspecified atom stereocenters. The number of fused-ring (bicyclic) bond motifs is 1. The number of anilines is 1. The summed E-state index contributed by atoms with van der Waals surface area (Å²) in [6, 6.07) is 1.92. The van der Waals surface area contributed by atoms with E-state index in [1.807, 2.05) is 12.3 Å². The van der Waals surface area contributed by atoms with Crippen LogP contribution < -0.4 is 4.90 Å². The fraction of sp³-hybridized carbons (Fsp3) is 0.385. The Hall–Kier alpha value is -2.24. The van der Waals surface area contributed by atoms with Gasteiger partial charge in [0.25, 0.3) is 0 Å². The summed E-state index contributed by atoms with van der Waals surface area (Å²) < 4.78 is 1.60. The number of ketones is 1. The minimum Gasteiger partial charge on any atom is -0.357 e. The Kier molecular flexibility index (Phi) is 2.77. The normalized spacial score (nSPS) is 15.1. The van der Waals surface area contributed by atoms with Crippen LogP contribution in [-0.4, -0.2) is 39.2 Å². The third-order valence-electron chi connectivity index (χ3n) is 3.41.